The van der Waals surface area contributed by atoms with Gasteiger partial charge in [0.25, 0.3) is 0 Å². The first kappa shape index (κ1) is 21.7. The maximum atomic E-state index is 14.7. The van der Waals surface area contributed by atoms with E-state index in [4.69, 9.17) is 16.3 Å². The molecule has 0 spiro atoms. The van der Waals surface area contributed by atoms with Gasteiger partial charge in [-0.2, -0.15) is 0 Å². The van der Waals surface area contributed by atoms with Crippen LogP contribution >= 0.6 is 11.6 Å². The number of hydrogen-bond donors (Lipinski definition) is 1. The summed E-state index contributed by atoms with van der Waals surface area (Å²) in [5.41, 5.74) is 2.31. The number of aromatic nitrogens is 2. The first-order valence-corrected chi connectivity index (χ1v) is 10.9. The van der Waals surface area contributed by atoms with Gasteiger partial charge in [-0.3, -0.25) is 9.69 Å². The fraction of sp³-hybridized carbons (Fsp3) is 0.391. The smallest absolute Gasteiger partial charge is 0.221 e. The van der Waals surface area contributed by atoms with Crippen molar-refractivity contribution in [3.05, 3.63) is 65.2 Å². The van der Waals surface area contributed by atoms with Crippen LogP contribution in [0, 0.1) is 5.82 Å². The summed E-state index contributed by atoms with van der Waals surface area (Å²) >= 11 is 6.36. The number of imidazole rings is 1. The number of fused-ring (bicyclic) bond motifs is 1. The van der Waals surface area contributed by atoms with Gasteiger partial charge in [-0.1, -0.05) is 29.8 Å². The van der Waals surface area contributed by atoms with Crippen molar-refractivity contribution in [2.75, 3.05) is 26.2 Å². The van der Waals surface area contributed by atoms with Crippen LogP contribution in [0.4, 0.5) is 4.39 Å². The second-order valence-electron chi connectivity index (χ2n) is 7.81. The number of morpholine rings is 1. The number of nitrogens with one attached hydrogen (secondary N) is 1. The van der Waals surface area contributed by atoms with Crippen molar-refractivity contribution in [2.45, 2.75) is 32.0 Å². The molecule has 0 aliphatic carbocycles. The summed E-state index contributed by atoms with van der Waals surface area (Å²) in [5.74, 6) is -0.465. The fourth-order valence-electron chi connectivity index (χ4n) is 4.08. The van der Waals surface area contributed by atoms with Gasteiger partial charge >= 0.3 is 0 Å². The number of halogens is 2. The maximum Gasteiger partial charge on any atom is 0.221 e. The van der Waals surface area contributed by atoms with Gasteiger partial charge in [-0.05, 0) is 31.2 Å². The number of ether oxygens (including phenoxy) is 1. The average molecular weight is 445 g/mol. The predicted octanol–water partition coefficient (Wildman–Crippen LogP) is 3.80. The van der Waals surface area contributed by atoms with Crippen LogP contribution in [0.5, 0.6) is 0 Å². The second kappa shape index (κ2) is 9.77. The minimum Gasteiger partial charge on any atom is -0.376 e. The molecule has 3 aromatic rings. The quantitative estimate of drug-likeness (QED) is 0.602. The third-order valence-corrected chi connectivity index (χ3v) is 5.98. The highest BCUT2D eigenvalue weighted by molar-refractivity contribution is 6.31. The van der Waals surface area contributed by atoms with Gasteiger partial charge in [-0.25, -0.2) is 9.37 Å². The van der Waals surface area contributed by atoms with Crippen molar-refractivity contribution >= 4 is 28.5 Å². The Labute approximate surface area is 186 Å². The highest BCUT2D eigenvalue weighted by Gasteiger charge is 2.29. The van der Waals surface area contributed by atoms with Gasteiger partial charge in [0.2, 0.25) is 5.91 Å². The molecule has 1 saturated heterocycles. The summed E-state index contributed by atoms with van der Waals surface area (Å²) in [6, 6.07) is 12.1. The molecule has 1 aromatic heterocycles. The molecular weight excluding hydrogens is 419 g/mol. The molecule has 1 aliphatic heterocycles. The van der Waals surface area contributed by atoms with Crippen LogP contribution in [-0.2, 0) is 16.1 Å². The number of carbonyl (C=O) groups is 1. The third-order valence-electron chi connectivity index (χ3n) is 5.65. The SMILES string of the molecule is CC1CN(C(CNC(=O)CCn2cnc3ccccc32)c2c(F)cccc2Cl)CCO1. The molecule has 6 nitrogen and oxygen atoms in total. The van der Waals surface area contributed by atoms with Crippen molar-refractivity contribution < 1.29 is 13.9 Å². The van der Waals surface area contributed by atoms with Gasteiger partial charge in [0.1, 0.15) is 5.82 Å². The van der Waals surface area contributed by atoms with Crippen LogP contribution in [0.2, 0.25) is 5.02 Å². The fourth-order valence-corrected chi connectivity index (χ4v) is 4.37. The number of carbonyl (C=O) groups excluding carboxylic acids is 1. The van der Waals surface area contributed by atoms with E-state index < -0.39 is 0 Å². The van der Waals surface area contributed by atoms with Gasteiger partial charge in [-0.15, -0.1) is 0 Å². The number of aryl methyl sites for hydroxylation is 1. The summed E-state index contributed by atoms with van der Waals surface area (Å²) < 4.78 is 22.3. The van der Waals surface area contributed by atoms with Crippen LogP contribution in [0.25, 0.3) is 11.0 Å². The summed E-state index contributed by atoms with van der Waals surface area (Å²) in [7, 11) is 0. The average Bonchev–Trinajstić information content (AvgIpc) is 3.17. The Morgan fingerprint density at radius 1 is 1.32 bits per heavy atom. The van der Waals surface area contributed by atoms with Crippen molar-refractivity contribution in [1.82, 2.24) is 19.8 Å². The topological polar surface area (TPSA) is 59.4 Å². The number of benzene rings is 2. The molecule has 1 amide bonds. The lowest BCUT2D eigenvalue weighted by molar-refractivity contribution is -0.121. The normalized spacial score (nSPS) is 18.2. The molecule has 4 rings (SSSR count). The zero-order chi connectivity index (χ0) is 21.8. The Bertz CT molecular complexity index is 1040. The van der Waals surface area contributed by atoms with Crippen molar-refractivity contribution in [2.24, 2.45) is 0 Å². The van der Waals surface area contributed by atoms with Gasteiger partial charge in [0.05, 0.1) is 36.1 Å². The Kier molecular flexibility index (Phi) is 6.85. The van der Waals surface area contributed by atoms with Crippen LogP contribution in [-0.4, -0.2) is 52.7 Å². The zero-order valence-electron chi connectivity index (χ0n) is 17.4. The van der Waals surface area contributed by atoms with E-state index in [0.29, 0.717) is 43.2 Å². The molecule has 31 heavy (non-hydrogen) atoms. The van der Waals surface area contributed by atoms with Gasteiger partial charge in [0, 0.05) is 43.2 Å². The monoisotopic (exact) mass is 444 g/mol. The first-order valence-electron chi connectivity index (χ1n) is 10.5. The van der Waals surface area contributed by atoms with E-state index in [1.54, 1.807) is 18.5 Å². The molecule has 0 radical (unpaired) electrons. The first-order chi connectivity index (χ1) is 15.0. The van der Waals surface area contributed by atoms with E-state index in [9.17, 15) is 9.18 Å². The lowest BCUT2D eigenvalue weighted by Gasteiger charge is -2.38. The standard InChI is InChI=1S/C23H26ClFN4O2/c1-16-14-28(11-12-31-16)21(23-17(24)5-4-6-18(23)25)13-26-22(30)9-10-29-15-27-19-7-2-3-8-20(19)29/h2-8,15-16,21H,9-14H2,1H3,(H,26,30). The van der Waals surface area contributed by atoms with E-state index in [1.807, 2.05) is 35.8 Å². The van der Waals surface area contributed by atoms with Crippen LogP contribution in [0.3, 0.4) is 0 Å². The van der Waals surface area contributed by atoms with Crippen molar-refractivity contribution in [3.63, 3.8) is 0 Å². The summed E-state index contributed by atoms with van der Waals surface area (Å²) in [4.78, 5) is 19.1. The van der Waals surface area contributed by atoms with Crippen molar-refractivity contribution in [1.29, 1.82) is 0 Å². The van der Waals surface area contributed by atoms with Crippen LogP contribution in [0.15, 0.2) is 48.8 Å². The molecule has 1 fully saturated rings. The van der Waals surface area contributed by atoms with E-state index in [-0.39, 0.29) is 30.4 Å². The molecular formula is C23H26ClFN4O2. The third kappa shape index (κ3) is 5.06. The Morgan fingerprint density at radius 2 is 2.16 bits per heavy atom. The van der Waals surface area contributed by atoms with E-state index >= 15 is 0 Å². The summed E-state index contributed by atoms with van der Waals surface area (Å²) in [6.07, 6.45) is 2.08. The second-order valence-corrected chi connectivity index (χ2v) is 8.22. The summed E-state index contributed by atoms with van der Waals surface area (Å²) in [5, 5.41) is 3.34. The Morgan fingerprint density at radius 3 is 2.97 bits per heavy atom. The zero-order valence-corrected chi connectivity index (χ0v) is 18.2. The Hall–Kier alpha value is -2.48. The minimum atomic E-state index is -0.365. The van der Waals surface area contributed by atoms with Crippen LogP contribution < -0.4 is 5.32 Å². The number of amides is 1. The minimum absolute atomic E-state index is 0.0343. The molecule has 0 saturated carbocycles. The summed E-state index contributed by atoms with van der Waals surface area (Å²) in [6.45, 7) is 4.64. The van der Waals surface area contributed by atoms with E-state index in [0.717, 1.165) is 11.0 Å². The molecule has 2 heterocycles. The highest BCUT2D eigenvalue weighted by atomic mass is 35.5. The van der Waals surface area contributed by atoms with Gasteiger partial charge < -0.3 is 14.6 Å². The van der Waals surface area contributed by atoms with Crippen LogP contribution in [0.1, 0.15) is 24.9 Å². The molecule has 2 atom stereocenters. The van der Waals surface area contributed by atoms with Gasteiger partial charge in [0.15, 0.2) is 0 Å². The molecule has 2 aromatic carbocycles. The number of hydrogen-bond acceptors (Lipinski definition) is 4. The molecule has 164 valence electrons. The molecule has 0 bridgehead atoms. The van der Waals surface area contributed by atoms with E-state index in [1.165, 1.54) is 6.07 Å². The number of nitrogens with zero attached hydrogens (tertiary/aromatic N) is 3. The maximum absolute atomic E-state index is 14.7. The molecule has 8 heteroatoms. The molecule has 1 N–H and O–H groups in total. The highest BCUT2D eigenvalue weighted by Crippen LogP contribution is 2.31. The van der Waals surface area contributed by atoms with Crippen molar-refractivity contribution in [3.8, 4) is 0 Å². The Balaban J connectivity index is 1.43. The lowest BCUT2D eigenvalue weighted by Crippen LogP contribution is -2.47. The lowest BCUT2D eigenvalue weighted by atomic mass is 10.0. The number of para-hydroxylation sites is 2. The molecule has 1 aliphatic rings. The molecule has 2 unspecified atom stereocenters. The largest absolute Gasteiger partial charge is 0.376 e. The predicted molar refractivity (Wildman–Crippen MR) is 118 cm³/mol. The van der Waals surface area contributed by atoms with E-state index in [2.05, 4.69) is 15.2 Å². The number of rotatable bonds is 7.